The van der Waals surface area contributed by atoms with Gasteiger partial charge in [0.15, 0.2) is 0 Å². The first-order valence-electron chi connectivity index (χ1n) is 6.26. The first-order valence-corrected chi connectivity index (χ1v) is 6.26. The molecule has 0 atom stereocenters. The van der Waals surface area contributed by atoms with Crippen molar-refractivity contribution < 1.29 is 0 Å². The molecule has 1 aromatic heterocycles. The van der Waals surface area contributed by atoms with Crippen LogP contribution in [0, 0.1) is 13.8 Å². The third-order valence-electron chi connectivity index (χ3n) is 2.86. The molecule has 0 spiro atoms. The molecule has 0 saturated heterocycles. The number of rotatable bonds is 3. The molecule has 0 unspecified atom stereocenters. The third-order valence-corrected chi connectivity index (χ3v) is 2.86. The Hall–Kier alpha value is -1.90. The lowest BCUT2D eigenvalue weighted by molar-refractivity contribution is 0.944. The predicted molar refractivity (Wildman–Crippen MR) is 75.9 cm³/mol. The quantitative estimate of drug-likeness (QED) is 0.895. The van der Waals surface area contributed by atoms with E-state index in [1.165, 1.54) is 11.1 Å². The monoisotopic (exact) mass is 241 g/mol. The Morgan fingerprint density at radius 1 is 1.00 bits per heavy atom. The van der Waals surface area contributed by atoms with Crippen molar-refractivity contribution in [3.05, 3.63) is 41.2 Å². The molecule has 0 aliphatic rings. The molecule has 1 heterocycles. The van der Waals surface area contributed by atoms with Gasteiger partial charge in [0.1, 0.15) is 11.6 Å². The number of hydrogen-bond acceptors (Lipinski definition) is 3. The Morgan fingerprint density at radius 3 is 2.22 bits per heavy atom. The van der Waals surface area contributed by atoms with E-state index in [1.807, 2.05) is 13.1 Å². The van der Waals surface area contributed by atoms with Gasteiger partial charge in [0.25, 0.3) is 0 Å². The Morgan fingerprint density at radius 2 is 1.67 bits per heavy atom. The van der Waals surface area contributed by atoms with Crippen molar-refractivity contribution in [1.82, 2.24) is 9.97 Å². The summed E-state index contributed by atoms with van der Waals surface area (Å²) in [5, 5.41) is 3.09. The van der Waals surface area contributed by atoms with Crippen molar-refractivity contribution in [3.8, 4) is 11.3 Å². The zero-order valence-electron chi connectivity index (χ0n) is 11.4. The summed E-state index contributed by atoms with van der Waals surface area (Å²) in [6.07, 6.45) is 0.841. The molecule has 1 aromatic carbocycles. The molecule has 2 rings (SSSR count). The topological polar surface area (TPSA) is 37.8 Å². The average Bonchev–Trinajstić information content (AvgIpc) is 2.37. The van der Waals surface area contributed by atoms with Crippen molar-refractivity contribution in [2.24, 2.45) is 0 Å². The van der Waals surface area contributed by atoms with E-state index in [2.05, 4.69) is 54.3 Å². The van der Waals surface area contributed by atoms with E-state index in [4.69, 9.17) is 0 Å². The van der Waals surface area contributed by atoms with Crippen LogP contribution in [0.5, 0.6) is 0 Å². The molecular formula is C15H19N3. The summed E-state index contributed by atoms with van der Waals surface area (Å²) in [5.74, 6) is 1.74. The zero-order chi connectivity index (χ0) is 13.1. The van der Waals surface area contributed by atoms with E-state index in [9.17, 15) is 0 Å². The SMILES string of the molecule is CCc1nc(NC)cc(-c2cc(C)cc(C)c2)n1. The Balaban J connectivity index is 2.55. The molecular weight excluding hydrogens is 222 g/mol. The molecule has 18 heavy (non-hydrogen) atoms. The van der Waals surface area contributed by atoms with Gasteiger partial charge < -0.3 is 5.32 Å². The van der Waals surface area contributed by atoms with E-state index in [1.54, 1.807) is 0 Å². The first kappa shape index (κ1) is 12.6. The van der Waals surface area contributed by atoms with Gasteiger partial charge in [0, 0.05) is 25.1 Å². The number of anilines is 1. The molecule has 0 amide bonds. The Bertz CT molecular complexity index is 519. The number of benzene rings is 1. The van der Waals surface area contributed by atoms with Crippen LogP contribution in [0.4, 0.5) is 5.82 Å². The lowest BCUT2D eigenvalue weighted by Crippen LogP contribution is -2.01. The molecule has 0 aliphatic heterocycles. The maximum atomic E-state index is 4.60. The molecule has 1 N–H and O–H groups in total. The standard InChI is InChI=1S/C15H19N3/c1-5-14-17-13(9-15(16-4)18-14)12-7-10(2)6-11(3)8-12/h6-9H,5H2,1-4H3,(H,16,17,18). The number of aryl methyl sites for hydroxylation is 3. The lowest BCUT2D eigenvalue weighted by Gasteiger charge is -2.08. The van der Waals surface area contributed by atoms with Crippen LogP contribution in [-0.2, 0) is 6.42 Å². The van der Waals surface area contributed by atoms with E-state index in [0.717, 1.165) is 29.3 Å². The minimum atomic E-state index is 0.841. The van der Waals surface area contributed by atoms with Gasteiger partial charge in [-0.2, -0.15) is 0 Å². The second-order valence-electron chi connectivity index (χ2n) is 4.53. The largest absolute Gasteiger partial charge is 0.373 e. The van der Waals surface area contributed by atoms with Crippen LogP contribution in [-0.4, -0.2) is 17.0 Å². The second kappa shape index (κ2) is 5.17. The summed E-state index contributed by atoms with van der Waals surface area (Å²) in [6.45, 7) is 6.29. The van der Waals surface area contributed by atoms with Crippen LogP contribution in [0.1, 0.15) is 23.9 Å². The number of aromatic nitrogens is 2. The highest BCUT2D eigenvalue weighted by Gasteiger charge is 2.06. The lowest BCUT2D eigenvalue weighted by atomic mass is 10.0. The van der Waals surface area contributed by atoms with Crippen LogP contribution in [0.25, 0.3) is 11.3 Å². The van der Waals surface area contributed by atoms with E-state index in [-0.39, 0.29) is 0 Å². The molecule has 0 fully saturated rings. The zero-order valence-corrected chi connectivity index (χ0v) is 11.4. The molecule has 0 radical (unpaired) electrons. The summed E-state index contributed by atoms with van der Waals surface area (Å²) < 4.78 is 0. The van der Waals surface area contributed by atoms with E-state index in [0.29, 0.717) is 0 Å². The fraction of sp³-hybridized carbons (Fsp3) is 0.333. The first-order chi connectivity index (χ1) is 8.62. The van der Waals surface area contributed by atoms with Crippen LogP contribution in [0.3, 0.4) is 0 Å². The van der Waals surface area contributed by atoms with Gasteiger partial charge in [-0.25, -0.2) is 9.97 Å². The number of hydrogen-bond donors (Lipinski definition) is 1. The molecule has 94 valence electrons. The fourth-order valence-electron chi connectivity index (χ4n) is 2.05. The average molecular weight is 241 g/mol. The van der Waals surface area contributed by atoms with Crippen molar-refractivity contribution in [3.63, 3.8) is 0 Å². The van der Waals surface area contributed by atoms with E-state index >= 15 is 0 Å². The fourth-order valence-corrected chi connectivity index (χ4v) is 2.05. The molecule has 2 aromatic rings. The van der Waals surface area contributed by atoms with Crippen LogP contribution >= 0.6 is 0 Å². The van der Waals surface area contributed by atoms with Gasteiger partial charge >= 0.3 is 0 Å². The number of nitrogens with zero attached hydrogens (tertiary/aromatic N) is 2. The minimum absolute atomic E-state index is 0.841. The summed E-state index contributed by atoms with van der Waals surface area (Å²) in [5.41, 5.74) is 4.65. The van der Waals surface area contributed by atoms with Crippen LogP contribution in [0.2, 0.25) is 0 Å². The van der Waals surface area contributed by atoms with E-state index < -0.39 is 0 Å². The Kier molecular flexibility index (Phi) is 3.60. The van der Waals surface area contributed by atoms with Crippen molar-refractivity contribution in [2.45, 2.75) is 27.2 Å². The van der Waals surface area contributed by atoms with Crippen molar-refractivity contribution >= 4 is 5.82 Å². The summed E-state index contributed by atoms with van der Waals surface area (Å²) in [6, 6.07) is 8.49. The predicted octanol–water partition coefficient (Wildman–Crippen LogP) is 3.36. The molecule has 3 nitrogen and oxygen atoms in total. The van der Waals surface area contributed by atoms with Gasteiger partial charge in [-0.15, -0.1) is 0 Å². The highest BCUT2D eigenvalue weighted by atomic mass is 15.0. The second-order valence-corrected chi connectivity index (χ2v) is 4.53. The molecule has 0 aliphatic carbocycles. The van der Waals surface area contributed by atoms with Gasteiger partial charge in [0.05, 0.1) is 5.69 Å². The van der Waals surface area contributed by atoms with Gasteiger partial charge in [-0.3, -0.25) is 0 Å². The third kappa shape index (κ3) is 2.67. The smallest absolute Gasteiger partial charge is 0.131 e. The van der Waals surface area contributed by atoms with Crippen molar-refractivity contribution in [1.29, 1.82) is 0 Å². The highest BCUT2D eigenvalue weighted by Crippen LogP contribution is 2.22. The maximum absolute atomic E-state index is 4.60. The maximum Gasteiger partial charge on any atom is 0.131 e. The van der Waals surface area contributed by atoms with Gasteiger partial charge in [-0.1, -0.05) is 24.1 Å². The molecule has 0 bridgehead atoms. The Labute approximate surface area is 108 Å². The van der Waals surface area contributed by atoms with Gasteiger partial charge in [-0.05, 0) is 26.0 Å². The number of nitrogens with one attached hydrogen (secondary N) is 1. The molecule has 0 saturated carbocycles. The van der Waals surface area contributed by atoms with Crippen LogP contribution in [0.15, 0.2) is 24.3 Å². The highest BCUT2D eigenvalue weighted by molar-refractivity contribution is 5.64. The summed E-state index contributed by atoms with van der Waals surface area (Å²) in [4.78, 5) is 9.02. The van der Waals surface area contributed by atoms with Gasteiger partial charge in [0.2, 0.25) is 0 Å². The molecule has 3 heteroatoms. The summed E-state index contributed by atoms with van der Waals surface area (Å²) >= 11 is 0. The van der Waals surface area contributed by atoms with Crippen LogP contribution < -0.4 is 5.32 Å². The minimum Gasteiger partial charge on any atom is -0.373 e. The van der Waals surface area contributed by atoms with Crippen molar-refractivity contribution in [2.75, 3.05) is 12.4 Å². The summed E-state index contributed by atoms with van der Waals surface area (Å²) in [7, 11) is 1.88. The normalized spacial score (nSPS) is 10.4.